The quantitative estimate of drug-likeness (QED) is 0.873. The molecule has 2 aromatic rings. The molecule has 5 nitrogen and oxygen atoms in total. The molecule has 6 heteroatoms. The fourth-order valence-electron chi connectivity index (χ4n) is 2.89. The van der Waals surface area contributed by atoms with E-state index in [4.69, 9.17) is 0 Å². The molecule has 1 amide bonds. The summed E-state index contributed by atoms with van der Waals surface area (Å²) >= 11 is 0. The zero-order chi connectivity index (χ0) is 16.1. The number of nitrogens with one attached hydrogen (secondary N) is 2. The van der Waals surface area contributed by atoms with Gasteiger partial charge < -0.3 is 15.2 Å². The van der Waals surface area contributed by atoms with Crippen LogP contribution in [0.25, 0.3) is 0 Å². The second-order valence-electron chi connectivity index (χ2n) is 5.89. The lowest BCUT2D eigenvalue weighted by atomic mass is 10.1. The van der Waals surface area contributed by atoms with E-state index in [2.05, 4.69) is 10.6 Å². The number of pyridine rings is 1. The number of aromatic nitrogens is 1. The molecule has 128 valence electrons. The largest absolute Gasteiger partial charge is 0.321 e. The summed E-state index contributed by atoms with van der Waals surface area (Å²) < 4.78 is 1.61. The third kappa shape index (κ3) is 4.69. The number of nitrogens with zero attached hydrogens (tertiary/aromatic N) is 1. The van der Waals surface area contributed by atoms with Crippen LogP contribution in [-0.4, -0.2) is 23.1 Å². The Morgan fingerprint density at radius 3 is 2.71 bits per heavy atom. The van der Waals surface area contributed by atoms with Crippen molar-refractivity contribution in [1.29, 1.82) is 0 Å². The maximum Gasteiger partial charge on any atom is 0.274 e. The van der Waals surface area contributed by atoms with E-state index in [1.165, 1.54) is 0 Å². The zero-order valence-corrected chi connectivity index (χ0v) is 14.2. The lowest BCUT2D eigenvalue weighted by Gasteiger charge is -2.12. The third-order valence-corrected chi connectivity index (χ3v) is 4.08. The Labute approximate surface area is 147 Å². The van der Waals surface area contributed by atoms with Crippen LogP contribution >= 0.6 is 12.4 Å². The van der Waals surface area contributed by atoms with Gasteiger partial charge in [-0.05, 0) is 37.1 Å². The Bertz CT molecular complexity index is 725. The normalized spacial score (nSPS) is 16.4. The SMILES string of the molecule is Cl.O=C(CC1CCCN1)Nc1cccn(Cc2ccccc2)c1=O. The Morgan fingerprint density at radius 2 is 2.00 bits per heavy atom. The van der Waals surface area contributed by atoms with Gasteiger partial charge in [-0.3, -0.25) is 9.59 Å². The van der Waals surface area contributed by atoms with Gasteiger partial charge >= 0.3 is 0 Å². The molecular formula is C18H22ClN3O2. The van der Waals surface area contributed by atoms with E-state index in [9.17, 15) is 9.59 Å². The molecule has 1 aromatic carbocycles. The van der Waals surface area contributed by atoms with E-state index in [0.717, 1.165) is 24.9 Å². The van der Waals surface area contributed by atoms with Gasteiger partial charge in [0.2, 0.25) is 5.91 Å². The molecule has 1 aliphatic heterocycles. The third-order valence-electron chi connectivity index (χ3n) is 4.08. The van der Waals surface area contributed by atoms with E-state index in [1.807, 2.05) is 30.3 Å². The standard InChI is InChI=1S/C18H21N3O2.ClH/c22-17(12-15-8-4-10-19-15)20-16-9-5-11-21(18(16)23)13-14-6-2-1-3-7-14;/h1-3,5-7,9,11,15,19H,4,8,10,12-13H2,(H,20,22);1H. The maximum absolute atomic E-state index is 12.5. The van der Waals surface area contributed by atoms with Crippen molar-refractivity contribution in [3.63, 3.8) is 0 Å². The molecule has 1 aliphatic rings. The Hall–Kier alpha value is -2.11. The van der Waals surface area contributed by atoms with Gasteiger partial charge in [-0.2, -0.15) is 0 Å². The number of carbonyl (C=O) groups excluding carboxylic acids is 1. The Balaban J connectivity index is 0.00000208. The van der Waals surface area contributed by atoms with E-state index < -0.39 is 0 Å². The molecule has 1 atom stereocenters. The summed E-state index contributed by atoms with van der Waals surface area (Å²) in [6, 6.07) is 13.5. The summed E-state index contributed by atoms with van der Waals surface area (Å²) in [5, 5.41) is 6.04. The monoisotopic (exact) mass is 347 g/mol. The average Bonchev–Trinajstić information content (AvgIpc) is 3.05. The van der Waals surface area contributed by atoms with Gasteiger partial charge in [0, 0.05) is 18.7 Å². The molecule has 1 saturated heterocycles. The molecule has 0 spiro atoms. The van der Waals surface area contributed by atoms with Crippen molar-refractivity contribution in [3.05, 3.63) is 64.6 Å². The number of anilines is 1. The first-order valence-electron chi connectivity index (χ1n) is 7.99. The average molecular weight is 348 g/mol. The molecule has 0 bridgehead atoms. The van der Waals surface area contributed by atoms with Crippen LogP contribution in [0, 0.1) is 0 Å². The van der Waals surface area contributed by atoms with Crippen LogP contribution in [0.1, 0.15) is 24.8 Å². The summed E-state index contributed by atoms with van der Waals surface area (Å²) in [7, 11) is 0. The topological polar surface area (TPSA) is 63.1 Å². The van der Waals surface area contributed by atoms with Crippen molar-refractivity contribution >= 4 is 24.0 Å². The number of halogens is 1. The van der Waals surface area contributed by atoms with Gasteiger partial charge in [0.15, 0.2) is 0 Å². The molecule has 1 aromatic heterocycles. The Morgan fingerprint density at radius 1 is 1.21 bits per heavy atom. The summed E-state index contributed by atoms with van der Waals surface area (Å²) in [6.07, 6.45) is 4.27. The van der Waals surface area contributed by atoms with Crippen molar-refractivity contribution in [2.45, 2.75) is 31.8 Å². The predicted molar refractivity (Wildman–Crippen MR) is 97.8 cm³/mol. The van der Waals surface area contributed by atoms with Crippen LogP contribution in [0.15, 0.2) is 53.5 Å². The van der Waals surface area contributed by atoms with Crippen LogP contribution in [0.5, 0.6) is 0 Å². The second-order valence-corrected chi connectivity index (χ2v) is 5.89. The highest BCUT2D eigenvalue weighted by molar-refractivity contribution is 5.90. The minimum absolute atomic E-state index is 0. The second kappa shape index (κ2) is 8.66. The first-order chi connectivity index (χ1) is 11.2. The molecule has 0 radical (unpaired) electrons. The van der Waals surface area contributed by atoms with Gasteiger partial charge in [0.1, 0.15) is 5.69 Å². The van der Waals surface area contributed by atoms with Crippen LogP contribution in [0.2, 0.25) is 0 Å². The number of benzene rings is 1. The highest BCUT2D eigenvalue weighted by atomic mass is 35.5. The fourth-order valence-corrected chi connectivity index (χ4v) is 2.89. The van der Waals surface area contributed by atoms with Crippen molar-refractivity contribution in [2.24, 2.45) is 0 Å². The molecule has 0 saturated carbocycles. The first-order valence-corrected chi connectivity index (χ1v) is 7.99. The van der Waals surface area contributed by atoms with Gasteiger partial charge in [-0.25, -0.2) is 0 Å². The molecule has 1 fully saturated rings. The molecule has 0 aliphatic carbocycles. The van der Waals surface area contributed by atoms with Crippen LogP contribution in [0.4, 0.5) is 5.69 Å². The molecule has 2 N–H and O–H groups in total. The van der Waals surface area contributed by atoms with Crippen molar-refractivity contribution < 1.29 is 4.79 Å². The highest BCUT2D eigenvalue weighted by Crippen LogP contribution is 2.10. The van der Waals surface area contributed by atoms with Crippen LogP contribution < -0.4 is 16.2 Å². The van der Waals surface area contributed by atoms with Crippen molar-refractivity contribution in [3.8, 4) is 0 Å². The summed E-state index contributed by atoms with van der Waals surface area (Å²) in [4.78, 5) is 24.6. The lowest BCUT2D eigenvalue weighted by Crippen LogP contribution is -2.30. The highest BCUT2D eigenvalue weighted by Gasteiger charge is 2.18. The lowest BCUT2D eigenvalue weighted by molar-refractivity contribution is -0.116. The van der Waals surface area contributed by atoms with Gasteiger partial charge in [-0.1, -0.05) is 30.3 Å². The van der Waals surface area contributed by atoms with Crippen molar-refractivity contribution in [1.82, 2.24) is 9.88 Å². The van der Waals surface area contributed by atoms with Crippen molar-refractivity contribution in [2.75, 3.05) is 11.9 Å². The molecule has 24 heavy (non-hydrogen) atoms. The summed E-state index contributed by atoms with van der Waals surface area (Å²) in [5.74, 6) is -0.112. The smallest absolute Gasteiger partial charge is 0.274 e. The summed E-state index contributed by atoms with van der Waals surface area (Å²) in [5.41, 5.74) is 1.21. The maximum atomic E-state index is 12.5. The fraction of sp³-hybridized carbons (Fsp3) is 0.333. The van der Waals surface area contributed by atoms with Crippen LogP contribution in [0.3, 0.4) is 0 Å². The minimum Gasteiger partial charge on any atom is -0.321 e. The van der Waals surface area contributed by atoms with E-state index in [-0.39, 0.29) is 29.9 Å². The van der Waals surface area contributed by atoms with Gasteiger partial charge in [0.05, 0.1) is 6.54 Å². The van der Waals surface area contributed by atoms with Gasteiger partial charge in [0.25, 0.3) is 5.56 Å². The minimum atomic E-state index is -0.177. The molecule has 2 heterocycles. The first kappa shape index (κ1) is 18.2. The molecular weight excluding hydrogens is 326 g/mol. The van der Waals surface area contributed by atoms with Crippen LogP contribution in [-0.2, 0) is 11.3 Å². The van der Waals surface area contributed by atoms with Gasteiger partial charge in [-0.15, -0.1) is 12.4 Å². The molecule has 3 rings (SSSR count). The Kier molecular flexibility index (Phi) is 6.58. The predicted octanol–water partition coefficient (Wildman–Crippen LogP) is 2.40. The number of carbonyl (C=O) groups is 1. The number of hydrogen-bond donors (Lipinski definition) is 2. The number of hydrogen-bond acceptors (Lipinski definition) is 3. The zero-order valence-electron chi connectivity index (χ0n) is 13.4. The van der Waals surface area contributed by atoms with E-state index in [1.54, 1.807) is 22.9 Å². The number of rotatable bonds is 5. The summed E-state index contributed by atoms with van der Waals surface area (Å²) in [6.45, 7) is 1.46. The number of amides is 1. The van der Waals surface area contributed by atoms with E-state index in [0.29, 0.717) is 18.7 Å². The molecule has 1 unspecified atom stereocenters. The van der Waals surface area contributed by atoms with E-state index >= 15 is 0 Å².